The summed E-state index contributed by atoms with van der Waals surface area (Å²) in [7, 11) is 0. The van der Waals surface area contributed by atoms with Gasteiger partial charge in [-0.3, -0.25) is 4.90 Å². The summed E-state index contributed by atoms with van der Waals surface area (Å²) in [6, 6.07) is 3.58. The fourth-order valence-electron chi connectivity index (χ4n) is 2.16. The molecule has 1 aromatic heterocycles. The van der Waals surface area contributed by atoms with Gasteiger partial charge in [-0.05, 0) is 25.3 Å². The average Bonchev–Trinajstić information content (AvgIpc) is 2.47. The average molecular weight is 362 g/mol. The van der Waals surface area contributed by atoms with Crippen LogP contribution in [0.1, 0.15) is 25.8 Å². The number of carboxylic acid groups (broad SMARTS) is 3. The van der Waals surface area contributed by atoms with Crippen LogP contribution in [-0.2, 0) is 0 Å². The first-order valence-corrected chi connectivity index (χ1v) is 7.04. The Kier molecular flexibility index (Phi) is 10.9. The smallest absolute Gasteiger partial charge is 0.565 e. The van der Waals surface area contributed by atoms with Crippen LogP contribution in [0.3, 0.4) is 0 Å². The maximum Gasteiger partial charge on any atom is 1.00 e. The van der Waals surface area contributed by atoms with Crippen molar-refractivity contribution in [3.8, 4) is 5.88 Å². The molecular weight excluding hydrogens is 343 g/mol. The second-order valence-corrected chi connectivity index (χ2v) is 4.91. The van der Waals surface area contributed by atoms with E-state index in [1.807, 2.05) is 19.9 Å². The largest absolute Gasteiger partial charge is 1.00 e. The Morgan fingerprint density at radius 2 is 2.08 bits per heavy atom. The second kappa shape index (κ2) is 11.4. The summed E-state index contributed by atoms with van der Waals surface area (Å²) in [6.07, 6.45) is 1.48. The fourth-order valence-corrected chi connectivity index (χ4v) is 2.16. The van der Waals surface area contributed by atoms with E-state index >= 15 is 0 Å². The predicted molar refractivity (Wildman–Crippen MR) is 79.9 cm³/mol. The fraction of sp³-hybridized carbons (Fsp3) is 0.400. The van der Waals surface area contributed by atoms with E-state index < -0.39 is 12.2 Å². The monoisotopic (exact) mass is 362 g/mol. The summed E-state index contributed by atoms with van der Waals surface area (Å²) in [5.74, 6) is 0.859. The summed E-state index contributed by atoms with van der Waals surface area (Å²) >= 11 is 0. The molecule has 1 atom stereocenters. The Balaban J connectivity index is 0.000000954. The molecule has 0 fully saturated rings. The van der Waals surface area contributed by atoms with E-state index in [0.29, 0.717) is 30.6 Å². The van der Waals surface area contributed by atoms with Crippen molar-refractivity contribution in [2.24, 2.45) is 5.92 Å². The third kappa shape index (κ3) is 7.62. The zero-order valence-corrected chi connectivity index (χ0v) is 17.1. The Labute approximate surface area is 182 Å². The van der Waals surface area contributed by atoms with Crippen molar-refractivity contribution in [3.63, 3.8) is 0 Å². The van der Waals surface area contributed by atoms with Gasteiger partial charge in [0.1, 0.15) is 0 Å². The predicted octanol–water partition coefficient (Wildman–Crippen LogP) is -1.27. The maximum atomic E-state index is 11.3. The molecule has 0 spiro atoms. The van der Waals surface area contributed by atoms with Gasteiger partial charge in [0, 0.05) is 24.4 Å². The van der Waals surface area contributed by atoms with Crippen LogP contribution < -0.4 is 61.2 Å². The first-order chi connectivity index (χ1) is 10.8. The van der Waals surface area contributed by atoms with Crippen LogP contribution in [0.15, 0.2) is 24.4 Å². The zero-order chi connectivity index (χ0) is 17.4. The maximum absolute atomic E-state index is 11.3. The number of allylic oxidation sites excluding steroid dienone is 1. The minimum absolute atomic E-state index is 0. The number of rotatable bonds is 3. The third-order valence-electron chi connectivity index (χ3n) is 3.05. The molecule has 0 saturated heterocycles. The third-order valence-corrected chi connectivity index (χ3v) is 3.05. The van der Waals surface area contributed by atoms with Crippen molar-refractivity contribution < 1.29 is 81.0 Å². The van der Waals surface area contributed by atoms with E-state index in [2.05, 4.69) is 4.98 Å². The molecule has 8 nitrogen and oxygen atoms in total. The standard InChI is InChI=1S/C14H18N2O3.CH2O3.K/c1-3-19-13-8-11(6-7-15-13)12-5-4-10(2)9-16(12)14(17)18;2-1(3)4;/h5-8,10H,3-4,9H2,1-2H3,(H,17,18);(H2,2,3,4);/q;;+1/p-1. The molecule has 0 saturated carbocycles. The topological polar surface area (TPSA) is 123 Å². The molecule has 2 N–H and O–H groups in total. The molecule has 126 valence electrons. The molecule has 1 unspecified atom stereocenters. The van der Waals surface area contributed by atoms with Crippen LogP contribution in [0.2, 0.25) is 0 Å². The molecular formula is C15H19KN2O6. The van der Waals surface area contributed by atoms with E-state index in [9.17, 15) is 9.90 Å². The summed E-state index contributed by atoms with van der Waals surface area (Å²) < 4.78 is 5.35. The number of hydrogen-bond donors (Lipinski definition) is 2. The number of aromatic nitrogens is 1. The summed E-state index contributed by atoms with van der Waals surface area (Å²) in [4.78, 5) is 25.3. The van der Waals surface area contributed by atoms with Crippen molar-refractivity contribution in [1.29, 1.82) is 0 Å². The van der Waals surface area contributed by atoms with Crippen LogP contribution in [0.4, 0.5) is 9.59 Å². The molecule has 1 aromatic rings. The van der Waals surface area contributed by atoms with Gasteiger partial charge in [-0.2, -0.15) is 0 Å². The van der Waals surface area contributed by atoms with Gasteiger partial charge in [-0.1, -0.05) is 13.0 Å². The molecule has 0 radical (unpaired) electrons. The molecule has 2 rings (SSSR count). The van der Waals surface area contributed by atoms with Gasteiger partial charge in [0.05, 0.1) is 12.3 Å². The molecule has 0 aromatic carbocycles. The number of carbonyl (C=O) groups is 2. The SMILES string of the molecule is CCOc1cc(C2=CCC(C)CN2C(=O)O)ccn1.O=C([O-])O.[K+]. The van der Waals surface area contributed by atoms with Gasteiger partial charge in [0.15, 0.2) is 0 Å². The van der Waals surface area contributed by atoms with Crippen molar-refractivity contribution in [2.75, 3.05) is 13.2 Å². The van der Waals surface area contributed by atoms with Gasteiger partial charge >= 0.3 is 57.5 Å². The molecule has 0 bridgehead atoms. The normalized spacial score (nSPS) is 16.0. The molecule has 1 amide bonds. The van der Waals surface area contributed by atoms with Crippen LogP contribution in [0, 0.1) is 5.92 Å². The van der Waals surface area contributed by atoms with Crippen molar-refractivity contribution in [3.05, 3.63) is 30.0 Å². The van der Waals surface area contributed by atoms with E-state index in [0.717, 1.165) is 12.0 Å². The first kappa shape index (κ1) is 22.9. The quantitative estimate of drug-likeness (QED) is 0.643. The Bertz CT molecular complexity index is 589. The summed E-state index contributed by atoms with van der Waals surface area (Å²) in [5, 5.41) is 24.6. The minimum atomic E-state index is -2.08. The van der Waals surface area contributed by atoms with Gasteiger partial charge in [0.25, 0.3) is 0 Å². The number of nitrogens with zero attached hydrogens (tertiary/aromatic N) is 2. The van der Waals surface area contributed by atoms with Gasteiger partial charge in [-0.15, -0.1) is 0 Å². The van der Waals surface area contributed by atoms with E-state index in [1.165, 1.54) is 4.90 Å². The summed E-state index contributed by atoms with van der Waals surface area (Å²) in [6.45, 7) is 4.99. The molecule has 2 heterocycles. The van der Waals surface area contributed by atoms with Crippen LogP contribution in [-0.4, -0.2) is 45.5 Å². The van der Waals surface area contributed by atoms with E-state index in [-0.39, 0.29) is 51.4 Å². The van der Waals surface area contributed by atoms with Crippen molar-refractivity contribution >= 4 is 17.9 Å². The van der Waals surface area contributed by atoms with Crippen LogP contribution in [0.5, 0.6) is 5.88 Å². The molecule has 0 aliphatic carbocycles. The number of ether oxygens (including phenoxy) is 1. The van der Waals surface area contributed by atoms with E-state index in [1.54, 1.807) is 18.3 Å². The van der Waals surface area contributed by atoms with Crippen molar-refractivity contribution in [2.45, 2.75) is 20.3 Å². The van der Waals surface area contributed by atoms with Crippen molar-refractivity contribution in [1.82, 2.24) is 9.88 Å². The van der Waals surface area contributed by atoms with Gasteiger partial charge in [0.2, 0.25) is 12.0 Å². The van der Waals surface area contributed by atoms with Crippen LogP contribution in [0.25, 0.3) is 5.70 Å². The molecule has 1 aliphatic heterocycles. The molecule has 1 aliphatic rings. The van der Waals surface area contributed by atoms with Gasteiger partial charge in [-0.25, -0.2) is 9.78 Å². The number of pyridine rings is 1. The number of hydrogen-bond acceptors (Lipinski definition) is 5. The Morgan fingerprint density at radius 1 is 1.46 bits per heavy atom. The van der Waals surface area contributed by atoms with Gasteiger partial charge < -0.3 is 24.9 Å². The first-order valence-electron chi connectivity index (χ1n) is 7.04. The Morgan fingerprint density at radius 3 is 2.62 bits per heavy atom. The zero-order valence-electron chi connectivity index (χ0n) is 13.9. The summed E-state index contributed by atoms with van der Waals surface area (Å²) in [5.41, 5.74) is 1.54. The Hall–Kier alpha value is -1.13. The van der Waals surface area contributed by atoms with Crippen LogP contribution >= 0.6 is 0 Å². The minimum Gasteiger partial charge on any atom is -0.565 e. The van der Waals surface area contributed by atoms with E-state index in [4.69, 9.17) is 19.7 Å². The molecule has 9 heteroatoms. The number of amides is 1. The second-order valence-electron chi connectivity index (χ2n) is 4.91. The molecule has 24 heavy (non-hydrogen) atoms.